The van der Waals surface area contributed by atoms with E-state index < -0.39 is 0 Å². The average molecular weight is 453 g/mol. The van der Waals surface area contributed by atoms with E-state index >= 15 is 0 Å². The Hall–Kier alpha value is -2.70. The third-order valence-electron chi connectivity index (χ3n) is 5.63. The fourth-order valence-corrected chi connectivity index (χ4v) is 5.81. The summed E-state index contributed by atoms with van der Waals surface area (Å²) in [6.45, 7) is 6.80. The highest BCUT2D eigenvalue weighted by Crippen LogP contribution is 2.44. The summed E-state index contributed by atoms with van der Waals surface area (Å²) in [5, 5.41) is 25.6. The van der Waals surface area contributed by atoms with Gasteiger partial charge in [0.05, 0.1) is 17.0 Å². The van der Waals surface area contributed by atoms with Crippen molar-refractivity contribution >= 4 is 34.0 Å². The SMILES string of the molecule is CC(C)(C)C1CCc2c(sc(NC(=O)CSc3nnnn3-c3ccccc3)c2C#N)C1. The highest BCUT2D eigenvalue weighted by atomic mass is 32.2. The Morgan fingerprint density at radius 3 is 2.84 bits per heavy atom. The molecule has 1 aliphatic rings. The van der Waals surface area contributed by atoms with Crippen molar-refractivity contribution in [3.8, 4) is 11.8 Å². The van der Waals surface area contributed by atoms with Crippen LogP contribution in [0.5, 0.6) is 0 Å². The average Bonchev–Trinajstić information content (AvgIpc) is 3.35. The van der Waals surface area contributed by atoms with Crippen molar-refractivity contribution in [1.29, 1.82) is 5.26 Å². The first-order chi connectivity index (χ1) is 14.9. The van der Waals surface area contributed by atoms with E-state index in [1.807, 2.05) is 30.3 Å². The monoisotopic (exact) mass is 452 g/mol. The first-order valence-corrected chi connectivity index (χ1v) is 12.0. The molecular weight excluding hydrogens is 428 g/mol. The number of carbonyl (C=O) groups excluding carboxylic acids is 1. The Morgan fingerprint density at radius 1 is 1.35 bits per heavy atom. The van der Waals surface area contributed by atoms with Crippen LogP contribution in [0.1, 0.15) is 43.2 Å². The number of carbonyl (C=O) groups is 1. The maximum Gasteiger partial charge on any atom is 0.235 e. The Labute approximate surface area is 189 Å². The van der Waals surface area contributed by atoms with E-state index in [-0.39, 0.29) is 17.1 Å². The number of fused-ring (bicyclic) bond motifs is 1. The third-order valence-corrected chi connectivity index (χ3v) is 7.72. The number of thiophene rings is 1. The summed E-state index contributed by atoms with van der Waals surface area (Å²) in [5.74, 6) is 0.571. The van der Waals surface area contributed by atoms with E-state index in [0.717, 1.165) is 30.5 Å². The van der Waals surface area contributed by atoms with Crippen LogP contribution in [-0.2, 0) is 17.6 Å². The summed E-state index contributed by atoms with van der Waals surface area (Å²) in [6, 6.07) is 11.9. The second-order valence-electron chi connectivity index (χ2n) is 8.67. The van der Waals surface area contributed by atoms with Crippen molar-refractivity contribution in [2.24, 2.45) is 11.3 Å². The van der Waals surface area contributed by atoms with Crippen LogP contribution in [-0.4, -0.2) is 31.9 Å². The van der Waals surface area contributed by atoms with Gasteiger partial charge in [-0.25, -0.2) is 0 Å². The lowest BCUT2D eigenvalue weighted by molar-refractivity contribution is -0.113. The molecule has 160 valence electrons. The molecule has 1 atom stereocenters. The number of nitriles is 1. The van der Waals surface area contributed by atoms with Crippen LogP contribution in [0.25, 0.3) is 5.69 Å². The van der Waals surface area contributed by atoms with Crippen LogP contribution >= 0.6 is 23.1 Å². The lowest BCUT2D eigenvalue weighted by atomic mass is 9.72. The maximum absolute atomic E-state index is 12.6. The minimum Gasteiger partial charge on any atom is -0.316 e. The molecule has 0 fully saturated rings. The molecule has 7 nitrogen and oxygen atoms in total. The van der Waals surface area contributed by atoms with Crippen molar-refractivity contribution in [3.05, 3.63) is 46.3 Å². The zero-order valence-electron chi connectivity index (χ0n) is 17.8. The van der Waals surface area contributed by atoms with E-state index in [1.54, 1.807) is 16.0 Å². The van der Waals surface area contributed by atoms with Crippen molar-refractivity contribution in [3.63, 3.8) is 0 Å². The molecule has 0 radical (unpaired) electrons. The molecule has 0 aliphatic heterocycles. The summed E-state index contributed by atoms with van der Waals surface area (Å²) >= 11 is 2.81. The molecule has 0 saturated carbocycles. The van der Waals surface area contributed by atoms with Crippen molar-refractivity contribution in [2.75, 3.05) is 11.1 Å². The normalized spacial score (nSPS) is 15.9. The van der Waals surface area contributed by atoms with Crippen molar-refractivity contribution in [2.45, 2.75) is 45.2 Å². The Bertz CT molecular complexity index is 1120. The molecule has 1 amide bonds. The van der Waals surface area contributed by atoms with Gasteiger partial charge in [0.15, 0.2) is 0 Å². The van der Waals surface area contributed by atoms with Gasteiger partial charge < -0.3 is 5.32 Å². The lowest BCUT2D eigenvalue weighted by Crippen LogP contribution is -2.26. The molecule has 9 heteroatoms. The van der Waals surface area contributed by atoms with Gasteiger partial charge in [-0.2, -0.15) is 9.94 Å². The van der Waals surface area contributed by atoms with Gasteiger partial charge in [0.1, 0.15) is 11.1 Å². The highest BCUT2D eigenvalue weighted by molar-refractivity contribution is 7.99. The smallest absolute Gasteiger partial charge is 0.235 e. The van der Waals surface area contributed by atoms with E-state index in [2.05, 4.69) is 47.7 Å². The number of thioether (sulfide) groups is 1. The minimum atomic E-state index is -0.171. The number of nitrogens with zero attached hydrogens (tertiary/aromatic N) is 5. The van der Waals surface area contributed by atoms with Gasteiger partial charge in [-0.3, -0.25) is 4.79 Å². The molecule has 0 saturated heterocycles. The molecule has 2 aromatic heterocycles. The topological polar surface area (TPSA) is 96.5 Å². The fraction of sp³-hybridized carbons (Fsp3) is 0.409. The summed E-state index contributed by atoms with van der Waals surface area (Å²) < 4.78 is 1.61. The molecule has 0 spiro atoms. The second kappa shape index (κ2) is 8.81. The highest BCUT2D eigenvalue weighted by Gasteiger charge is 2.32. The van der Waals surface area contributed by atoms with Gasteiger partial charge in [-0.1, -0.05) is 50.7 Å². The van der Waals surface area contributed by atoms with Crippen LogP contribution in [0.2, 0.25) is 0 Å². The predicted octanol–water partition coefficient (Wildman–Crippen LogP) is 4.48. The number of tetrazole rings is 1. The lowest BCUT2D eigenvalue weighted by Gasteiger charge is -2.33. The van der Waals surface area contributed by atoms with Crippen LogP contribution in [0.15, 0.2) is 35.5 Å². The third kappa shape index (κ3) is 4.65. The number of anilines is 1. The molecule has 1 aliphatic carbocycles. The summed E-state index contributed by atoms with van der Waals surface area (Å²) in [6.07, 6.45) is 2.94. The zero-order valence-corrected chi connectivity index (χ0v) is 19.4. The second-order valence-corrected chi connectivity index (χ2v) is 10.7. The van der Waals surface area contributed by atoms with E-state index in [9.17, 15) is 10.1 Å². The molecule has 3 aromatic rings. The number of rotatable bonds is 5. The van der Waals surface area contributed by atoms with Gasteiger partial charge in [0.25, 0.3) is 0 Å². The van der Waals surface area contributed by atoms with E-state index in [0.29, 0.717) is 21.6 Å². The quantitative estimate of drug-likeness (QED) is 0.574. The molecule has 0 bridgehead atoms. The number of benzene rings is 1. The molecule has 1 unspecified atom stereocenters. The van der Waals surface area contributed by atoms with E-state index in [4.69, 9.17) is 0 Å². The Kier molecular flexibility index (Phi) is 6.12. The minimum absolute atomic E-state index is 0.158. The number of para-hydroxylation sites is 1. The Balaban J connectivity index is 1.44. The number of nitrogens with one attached hydrogen (secondary N) is 1. The predicted molar refractivity (Wildman–Crippen MR) is 123 cm³/mol. The first-order valence-electron chi connectivity index (χ1n) is 10.2. The standard InChI is InChI=1S/C22H24N6OS2/c1-22(2,3)14-9-10-16-17(12-23)20(31-18(16)11-14)24-19(29)13-30-21-25-26-27-28(21)15-7-5-4-6-8-15/h4-8,14H,9-11,13H2,1-3H3,(H,24,29). The van der Waals surface area contributed by atoms with Crippen LogP contribution < -0.4 is 5.32 Å². The van der Waals surface area contributed by atoms with E-state index in [1.165, 1.54) is 16.6 Å². The van der Waals surface area contributed by atoms with Crippen molar-refractivity contribution < 1.29 is 4.79 Å². The molecule has 1 aromatic carbocycles. The zero-order chi connectivity index (χ0) is 22.0. The van der Waals surface area contributed by atoms with Gasteiger partial charge in [0, 0.05) is 4.88 Å². The van der Waals surface area contributed by atoms with Crippen molar-refractivity contribution in [1.82, 2.24) is 20.2 Å². The van der Waals surface area contributed by atoms with Gasteiger partial charge in [-0.15, -0.1) is 16.4 Å². The molecule has 31 heavy (non-hydrogen) atoms. The summed E-state index contributed by atoms with van der Waals surface area (Å²) in [5.41, 5.74) is 2.81. The fourth-order valence-electron chi connectivity index (χ4n) is 3.82. The molecule has 2 heterocycles. The van der Waals surface area contributed by atoms with Crippen LogP contribution in [0.4, 0.5) is 5.00 Å². The molecule has 4 rings (SSSR count). The Morgan fingerprint density at radius 2 is 2.13 bits per heavy atom. The number of aromatic nitrogens is 4. The van der Waals surface area contributed by atoms with Gasteiger partial charge in [0.2, 0.25) is 11.1 Å². The molecule has 1 N–H and O–H groups in total. The summed E-state index contributed by atoms with van der Waals surface area (Å²) in [4.78, 5) is 13.9. The summed E-state index contributed by atoms with van der Waals surface area (Å²) in [7, 11) is 0. The van der Waals surface area contributed by atoms with Gasteiger partial charge >= 0.3 is 0 Å². The van der Waals surface area contributed by atoms with Crippen LogP contribution in [0.3, 0.4) is 0 Å². The number of amides is 1. The number of hydrogen-bond acceptors (Lipinski definition) is 7. The number of hydrogen-bond donors (Lipinski definition) is 1. The maximum atomic E-state index is 12.6. The van der Waals surface area contributed by atoms with Crippen LogP contribution in [0, 0.1) is 22.7 Å². The molecular formula is C22H24N6OS2. The first kappa shape index (κ1) is 21.5. The largest absolute Gasteiger partial charge is 0.316 e. The van der Waals surface area contributed by atoms with Gasteiger partial charge in [-0.05, 0) is 58.7 Å².